The van der Waals surface area contributed by atoms with Crippen LogP contribution in [0.3, 0.4) is 0 Å². The normalized spacial score (nSPS) is 13.7. The summed E-state index contributed by atoms with van der Waals surface area (Å²) in [5, 5.41) is 5.94. The minimum Gasteiger partial charge on any atom is -0.444 e. The van der Waals surface area contributed by atoms with Gasteiger partial charge in [-0.3, -0.25) is 9.59 Å². The highest BCUT2D eigenvalue weighted by Crippen LogP contribution is 2.30. The first-order valence-corrected chi connectivity index (χ1v) is 15.3. The molecule has 0 radical (unpaired) electrons. The molecule has 0 bridgehead atoms. The van der Waals surface area contributed by atoms with E-state index in [9.17, 15) is 14.4 Å². The molecule has 0 aromatic heterocycles. The highest BCUT2D eigenvalue weighted by Gasteiger charge is 2.38. The van der Waals surface area contributed by atoms with Gasteiger partial charge in [-0.2, -0.15) is 11.8 Å². The van der Waals surface area contributed by atoms with Gasteiger partial charge >= 0.3 is 6.09 Å². The van der Waals surface area contributed by atoms with Crippen molar-refractivity contribution in [1.82, 2.24) is 10.2 Å². The van der Waals surface area contributed by atoms with Gasteiger partial charge in [0, 0.05) is 11.7 Å². The quantitative estimate of drug-likeness (QED) is 0.308. The summed E-state index contributed by atoms with van der Waals surface area (Å²) in [6.45, 7) is 17.2. The van der Waals surface area contributed by atoms with Gasteiger partial charge in [-0.1, -0.05) is 54.4 Å². The number of amides is 3. The van der Waals surface area contributed by atoms with Crippen molar-refractivity contribution in [2.24, 2.45) is 0 Å². The molecular formula is C32H47N3O4S. The molecule has 8 heteroatoms. The van der Waals surface area contributed by atoms with Crippen molar-refractivity contribution >= 4 is 35.4 Å². The molecule has 3 atom stereocenters. The highest BCUT2D eigenvalue weighted by molar-refractivity contribution is 7.98. The highest BCUT2D eigenvalue weighted by atomic mass is 32.2. The first-order valence-electron chi connectivity index (χ1n) is 13.9. The van der Waals surface area contributed by atoms with E-state index in [1.807, 2.05) is 84.2 Å². The van der Waals surface area contributed by atoms with Gasteiger partial charge in [0.15, 0.2) is 0 Å². The third-order valence-electron chi connectivity index (χ3n) is 6.74. The van der Waals surface area contributed by atoms with Crippen molar-refractivity contribution in [3.8, 4) is 0 Å². The van der Waals surface area contributed by atoms with Crippen LogP contribution in [0.2, 0.25) is 0 Å². The molecule has 0 heterocycles. The fraction of sp³-hybridized carbons (Fsp3) is 0.531. The molecule has 2 aromatic rings. The number of ether oxygens (including phenoxy) is 1. The maximum atomic E-state index is 14.4. The number of carbonyl (C=O) groups is 3. The average Bonchev–Trinajstić information content (AvgIpc) is 2.84. The fourth-order valence-corrected chi connectivity index (χ4v) is 5.20. The summed E-state index contributed by atoms with van der Waals surface area (Å²) in [7, 11) is 0. The van der Waals surface area contributed by atoms with E-state index < -0.39 is 23.8 Å². The van der Waals surface area contributed by atoms with Crippen molar-refractivity contribution < 1.29 is 19.1 Å². The van der Waals surface area contributed by atoms with Crippen LogP contribution < -0.4 is 10.6 Å². The summed E-state index contributed by atoms with van der Waals surface area (Å²) in [6.07, 6.45) is 2.34. The molecule has 0 saturated heterocycles. The Morgan fingerprint density at radius 3 is 2.08 bits per heavy atom. The third-order valence-corrected chi connectivity index (χ3v) is 7.38. The van der Waals surface area contributed by atoms with Gasteiger partial charge in [0.1, 0.15) is 17.7 Å². The second-order valence-electron chi connectivity index (χ2n) is 11.6. The zero-order valence-electron chi connectivity index (χ0n) is 25.8. The number of para-hydroxylation sites is 1. The minimum absolute atomic E-state index is 0.278. The molecule has 2 aromatic carbocycles. The standard InChI is InChI=1S/C32H47N3O4S/c1-11-24(6)35(30(37)26(15-16-40-10)33-31(38)39-32(7,8)9)28(25-18-20(2)17-21(3)19-25)29(36)34-27-22(4)13-12-14-23(27)5/h12-14,17-19,24,26,28H,11,15-16H2,1-10H3,(H,33,38)(H,34,36). The summed E-state index contributed by atoms with van der Waals surface area (Å²) < 4.78 is 5.49. The number of thioether (sulfide) groups is 1. The predicted octanol–water partition coefficient (Wildman–Crippen LogP) is 6.87. The molecule has 7 nitrogen and oxygen atoms in total. The molecular weight excluding hydrogens is 522 g/mol. The Morgan fingerprint density at radius 2 is 1.57 bits per heavy atom. The van der Waals surface area contributed by atoms with Crippen LogP contribution in [0.15, 0.2) is 36.4 Å². The number of hydrogen-bond acceptors (Lipinski definition) is 5. The zero-order valence-corrected chi connectivity index (χ0v) is 26.6. The number of rotatable bonds is 11. The molecule has 0 fully saturated rings. The van der Waals surface area contributed by atoms with Crippen LogP contribution in [-0.2, 0) is 14.3 Å². The lowest BCUT2D eigenvalue weighted by Crippen LogP contribution is -2.55. The molecule has 3 amide bonds. The van der Waals surface area contributed by atoms with Crippen LogP contribution in [0, 0.1) is 27.7 Å². The summed E-state index contributed by atoms with van der Waals surface area (Å²) in [5.74, 6) is 0.0515. The fourth-order valence-electron chi connectivity index (χ4n) is 4.73. The van der Waals surface area contributed by atoms with Gasteiger partial charge in [0.25, 0.3) is 5.91 Å². The number of alkyl carbamates (subject to hydrolysis) is 1. The van der Waals surface area contributed by atoms with Crippen LogP contribution in [0.25, 0.3) is 0 Å². The Kier molecular flexibility index (Phi) is 12.1. The molecule has 3 unspecified atom stereocenters. The van der Waals surface area contributed by atoms with Gasteiger partial charge in [0.2, 0.25) is 5.91 Å². The number of anilines is 1. The molecule has 40 heavy (non-hydrogen) atoms. The van der Waals surface area contributed by atoms with E-state index in [0.717, 1.165) is 33.5 Å². The first-order chi connectivity index (χ1) is 18.7. The second kappa shape index (κ2) is 14.6. The van der Waals surface area contributed by atoms with E-state index in [-0.39, 0.29) is 17.9 Å². The van der Waals surface area contributed by atoms with Gasteiger partial charge in [-0.15, -0.1) is 0 Å². The summed E-state index contributed by atoms with van der Waals surface area (Å²) >= 11 is 1.59. The zero-order chi connectivity index (χ0) is 30.2. The smallest absolute Gasteiger partial charge is 0.408 e. The van der Waals surface area contributed by atoms with Crippen molar-refractivity contribution in [2.75, 3.05) is 17.3 Å². The topological polar surface area (TPSA) is 87.7 Å². The molecule has 0 aliphatic carbocycles. The molecule has 0 aliphatic rings. The number of nitrogens with zero attached hydrogens (tertiary/aromatic N) is 1. The van der Waals surface area contributed by atoms with E-state index in [2.05, 4.69) is 10.6 Å². The Morgan fingerprint density at radius 1 is 1.00 bits per heavy atom. The third kappa shape index (κ3) is 9.29. The second-order valence-corrected chi connectivity index (χ2v) is 12.5. The van der Waals surface area contributed by atoms with Crippen LogP contribution in [0.1, 0.15) is 81.3 Å². The monoisotopic (exact) mass is 569 g/mol. The van der Waals surface area contributed by atoms with E-state index in [1.165, 1.54) is 0 Å². The van der Waals surface area contributed by atoms with Crippen molar-refractivity contribution in [2.45, 2.75) is 98.9 Å². The van der Waals surface area contributed by atoms with E-state index in [0.29, 0.717) is 18.6 Å². The predicted molar refractivity (Wildman–Crippen MR) is 166 cm³/mol. The molecule has 2 N–H and O–H groups in total. The van der Waals surface area contributed by atoms with Crippen LogP contribution in [0.4, 0.5) is 10.5 Å². The van der Waals surface area contributed by atoms with Crippen LogP contribution in [-0.4, -0.2) is 52.5 Å². The Bertz CT molecular complexity index is 1150. The maximum absolute atomic E-state index is 14.4. The lowest BCUT2D eigenvalue weighted by atomic mass is 9.96. The summed E-state index contributed by atoms with van der Waals surface area (Å²) in [4.78, 5) is 43.1. The lowest BCUT2D eigenvalue weighted by Gasteiger charge is -2.38. The van der Waals surface area contributed by atoms with E-state index >= 15 is 0 Å². The minimum atomic E-state index is -0.905. The van der Waals surface area contributed by atoms with Crippen LogP contribution in [0.5, 0.6) is 0 Å². The van der Waals surface area contributed by atoms with Gasteiger partial charge in [-0.25, -0.2) is 4.79 Å². The SMILES string of the molecule is CCC(C)N(C(=O)C(CCSC)NC(=O)OC(C)(C)C)C(C(=O)Nc1c(C)cccc1C)c1cc(C)cc(C)c1. The first kappa shape index (κ1) is 33.2. The molecule has 0 saturated carbocycles. The summed E-state index contributed by atoms with van der Waals surface area (Å²) in [6, 6.07) is 9.80. The van der Waals surface area contributed by atoms with Gasteiger partial charge < -0.3 is 20.3 Å². The van der Waals surface area contributed by atoms with Crippen molar-refractivity contribution in [3.63, 3.8) is 0 Å². The molecule has 0 spiro atoms. The average molecular weight is 570 g/mol. The Balaban J connectivity index is 2.64. The van der Waals surface area contributed by atoms with E-state index in [1.54, 1.807) is 37.4 Å². The summed E-state index contributed by atoms with van der Waals surface area (Å²) in [5.41, 5.74) is 4.65. The number of nitrogens with one attached hydrogen (secondary N) is 2. The van der Waals surface area contributed by atoms with Gasteiger partial charge in [0.05, 0.1) is 0 Å². The molecule has 2 rings (SSSR count). The molecule has 220 valence electrons. The number of aryl methyl sites for hydroxylation is 4. The largest absolute Gasteiger partial charge is 0.444 e. The Labute approximate surface area is 244 Å². The maximum Gasteiger partial charge on any atom is 0.408 e. The molecule has 0 aliphatic heterocycles. The van der Waals surface area contributed by atoms with Crippen LogP contribution >= 0.6 is 11.8 Å². The lowest BCUT2D eigenvalue weighted by molar-refractivity contribution is -0.143. The van der Waals surface area contributed by atoms with Gasteiger partial charge in [-0.05, 0) is 96.9 Å². The van der Waals surface area contributed by atoms with Crippen molar-refractivity contribution in [1.29, 1.82) is 0 Å². The number of benzene rings is 2. The Hall–Kier alpha value is -3.00. The number of carbonyl (C=O) groups excluding carboxylic acids is 3. The number of hydrogen-bond donors (Lipinski definition) is 2. The van der Waals surface area contributed by atoms with E-state index in [4.69, 9.17) is 4.74 Å². The van der Waals surface area contributed by atoms with Crippen molar-refractivity contribution in [3.05, 3.63) is 64.2 Å².